The summed E-state index contributed by atoms with van der Waals surface area (Å²) in [5.74, 6) is -2.06. The number of rotatable bonds is 3. The van der Waals surface area contributed by atoms with Gasteiger partial charge in [-0.15, -0.1) is 0 Å². The van der Waals surface area contributed by atoms with Crippen LogP contribution in [-0.2, 0) is 9.53 Å². The van der Waals surface area contributed by atoms with Crippen LogP contribution in [0.25, 0.3) is 0 Å². The topological polar surface area (TPSA) is 103 Å². The minimum atomic E-state index is -1.59. The molecule has 0 radical (unpaired) electrons. The van der Waals surface area contributed by atoms with Gasteiger partial charge in [-0.1, -0.05) is 13.8 Å². The van der Waals surface area contributed by atoms with Gasteiger partial charge in [0.1, 0.15) is 12.0 Å². The van der Waals surface area contributed by atoms with Crippen LogP contribution in [0, 0.1) is 16.0 Å². The fraction of sp³-hybridized carbons (Fsp3) is 0.538. The fourth-order valence-corrected chi connectivity index (χ4v) is 2.23. The van der Waals surface area contributed by atoms with E-state index in [9.17, 15) is 20.0 Å². The summed E-state index contributed by atoms with van der Waals surface area (Å²) in [4.78, 5) is 26.0. The van der Waals surface area contributed by atoms with Crippen LogP contribution in [0.3, 0.4) is 0 Å². The smallest absolute Gasteiger partial charge is 0.293 e. The van der Waals surface area contributed by atoms with Crippen LogP contribution in [0.2, 0.25) is 0 Å². The van der Waals surface area contributed by atoms with Crippen molar-refractivity contribution < 1.29 is 19.6 Å². The van der Waals surface area contributed by atoms with E-state index in [2.05, 4.69) is 4.98 Å². The molecule has 1 fully saturated rings. The highest BCUT2D eigenvalue weighted by Gasteiger charge is 2.43. The van der Waals surface area contributed by atoms with Gasteiger partial charge in [0.05, 0.1) is 23.0 Å². The van der Waals surface area contributed by atoms with Crippen LogP contribution in [0.5, 0.6) is 0 Å². The Hall–Kier alpha value is -1.86. The molecule has 2 rings (SSSR count). The minimum absolute atomic E-state index is 0.0138. The Morgan fingerprint density at radius 3 is 2.90 bits per heavy atom. The number of nitro groups is 1. The summed E-state index contributed by atoms with van der Waals surface area (Å²) in [6, 6.07) is 1.45. The molecular formula is C13H16N2O5. The summed E-state index contributed by atoms with van der Waals surface area (Å²) in [6.07, 6.45) is 1.61. The lowest BCUT2D eigenvalue weighted by atomic mass is 9.89. The predicted octanol–water partition coefficient (Wildman–Crippen LogP) is 1.75. The molecule has 0 aromatic carbocycles. The van der Waals surface area contributed by atoms with Crippen LogP contribution in [0.15, 0.2) is 18.5 Å². The van der Waals surface area contributed by atoms with E-state index in [0.717, 1.165) is 6.20 Å². The summed E-state index contributed by atoms with van der Waals surface area (Å²) < 4.78 is 5.59. The van der Waals surface area contributed by atoms with Gasteiger partial charge in [0.25, 0.3) is 5.69 Å². The Morgan fingerprint density at radius 1 is 1.60 bits per heavy atom. The third kappa shape index (κ3) is 2.68. The number of Topliss-reactive ketones (excluding diaryl/α,β-unsaturated/α-hetero) is 1. The first-order valence-corrected chi connectivity index (χ1v) is 6.33. The molecule has 20 heavy (non-hydrogen) atoms. The molecule has 2 heterocycles. The molecule has 1 aromatic rings. The first kappa shape index (κ1) is 14.5. The number of ketones is 1. The molecule has 0 aliphatic carbocycles. The van der Waals surface area contributed by atoms with E-state index in [1.807, 2.05) is 0 Å². The average Bonchev–Trinajstić information content (AvgIpc) is 2.37. The molecule has 2 unspecified atom stereocenters. The van der Waals surface area contributed by atoms with Crippen molar-refractivity contribution in [2.45, 2.75) is 38.6 Å². The lowest BCUT2D eigenvalue weighted by molar-refractivity contribution is -0.387. The molecule has 1 aliphatic rings. The highest BCUT2D eigenvalue weighted by molar-refractivity contribution is 5.81. The number of pyridine rings is 1. The number of aromatic nitrogens is 1. The SMILES string of the molecule is CC(C)C1(O)CC(=O)CC(c2ccncc2[N+](=O)[O-])O1. The van der Waals surface area contributed by atoms with Crippen molar-refractivity contribution in [2.75, 3.05) is 0 Å². The Kier molecular flexibility index (Phi) is 3.82. The highest BCUT2D eigenvalue weighted by atomic mass is 16.6. The van der Waals surface area contributed by atoms with Crippen molar-refractivity contribution in [3.05, 3.63) is 34.1 Å². The molecule has 1 N–H and O–H groups in total. The van der Waals surface area contributed by atoms with Gasteiger partial charge in [-0.2, -0.15) is 0 Å². The lowest BCUT2D eigenvalue weighted by Gasteiger charge is -2.39. The third-order valence-electron chi connectivity index (χ3n) is 3.49. The van der Waals surface area contributed by atoms with E-state index in [0.29, 0.717) is 0 Å². The zero-order valence-corrected chi connectivity index (χ0v) is 11.3. The normalized spacial score (nSPS) is 26.8. The maximum Gasteiger partial charge on any atom is 0.293 e. The van der Waals surface area contributed by atoms with Crippen molar-refractivity contribution in [2.24, 2.45) is 5.92 Å². The van der Waals surface area contributed by atoms with Gasteiger partial charge in [-0.3, -0.25) is 19.9 Å². The zero-order valence-electron chi connectivity index (χ0n) is 11.3. The van der Waals surface area contributed by atoms with Crippen LogP contribution < -0.4 is 0 Å². The largest absolute Gasteiger partial charge is 0.365 e. The van der Waals surface area contributed by atoms with Crippen molar-refractivity contribution in [1.29, 1.82) is 0 Å². The number of hydrogen-bond donors (Lipinski definition) is 1. The summed E-state index contributed by atoms with van der Waals surface area (Å²) in [5, 5.41) is 21.4. The average molecular weight is 280 g/mol. The summed E-state index contributed by atoms with van der Waals surface area (Å²) in [7, 11) is 0. The van der Waals surface area contributed by atoms with Gasteiger partial charge < -0.3 is 9.84 Å². The van der Waals surface area contributed by atoms with E-state index in [4.69, 9.17) is 4.74 Å². The lowest BCUT2D eigenvalue weighted by Crippen LogP contribution is -2.45. The highest BCUT2D eigenvalue weighted by Crippen LogP contribution is 2.40. The molecule has 7 nitrogen and oxygen atoms in total. The summed E-state index contributed by atoms with van der Waals surface area (Å²) >= 11 is 0. The number of carbonyl (C=O) groups is 1. The third-order valence-corrected chi connectivity index (χ3v) is 3.49. The van der Waals surface area contributed by atoms with Crippen molar-refractivity contribution in [3.8, 4) is 0 Å². The van der Waals surface area contributed by atoms with Gasteiger partial charge in [-0.05, 0) is 6.07 Å². The predicted molar refractivity (Wildman–Crippen MR) is 68.7 cm³/mol. The first-order chi connectivity index (χ1) is 9.33. The Morgan fingerprint density at radius 2 is 2.30 bits per heavy atom. The minimum Gasteiger partial charge on any atom is -0.365 e. The Balaban J connectivity index is 2.38. The molecule has 0 saturated carbocycles. The Bertz CT molecular complexity index is 545. The van der Waals surface area contributed by atoms with Crippen molar-refractivity contribution >= 4 is 11.5 Å². The molecular weight excluding hydrogens is 264 g/mol. The second-order valence-corrected chi connectivity index (χ2v) is 5.22. The Labute approximate surface area is 115 Å². The fourth-order valence-electron chi connectivity index (χ4n) is 2.23. The zero-order chi connectivity index (χ0) is 14.9. The number of ether oxygens (including phenoxy) is 1. The second kappa shape index (κ2) is 5.26. The molecule has 0 bridgehead atoms. The number of hydrogen-bond acceptors (Lipinski definition) is 6. The number of nitrogens with zero attached hydrogens (tertiary/aromatic N) is 2. The van der Waals surface area contributed by atoms with Crippen LogP contribution >= 0.6 is 0 Å². The van der Waals surface area contributed by atoms with Crippen LogP contribution in [-0.4, -0.2) is 26.6 Å². The molecule has 1 saturated heterocycles. The molecule has 0 spiro atoms. The van der Waals surface area contributed by atoms with Crippen LogP contribution in [0.1, 0.15) is 38.4 Å². The van der Waals surface area contributed by atoms with Gasteiger partial charge in [-0.25, -0.2) is 0 Å². The van der Waals surface area contributed by atoms with E-state index in [1.54, 1.807) is 13.8 Å². The molecule has 108 valence electrons. The first-order valence-electron chi connectivity index (χ1n) is 6.33. The van der Waals surface area contributed by atoms with Gasteiger partial charge in [0, 0.05) is 18.5 Å². The molecule has 1 aliphatic heterocycles. The van der Waals surface area contributed by atoms with Crippen LogP contribution in [0.4, 0.5) is 5.69 Å². The molecule has 1 aromatic heterocycles. The molecule has 7 heteroatoms. The van der Waals surface area contributed by atoms with Crippen molar-refractivity contribution in [1.82, 2.24) is 4.98 Å². The quantitative estimate of drug-likeness (QED) is 0.668. The van der Waals surface area contributed by atoms with E-state index in [-0.39, 0.29) is 35.8 Å². The maximum atomic E-state index is 11.8. The monoisotopic (exact) mass is 280 g/mol. The second-order valence-electron chi connectivity index (χ2n) is 5.22. The van der Waals surface area contributed by atoms with E-state index < -0.39 is 16.8 Å². The standard InChI is InChI=1S/C13H16N2O5/c1-8(2)13(17)6-9(16)5-12(20-13)10-3-4-14-7-11(10)15(18)19/h3-4,7-8,12,17H,5-6H2,1-2H3. The van der Waals surface area contributed by atoms with Gasteiger partial charge >= 0.3 is 0 Å². The van der Waals surface area contributed by atoms with Gasteiger partial charge in [0.2, 0.25) is 0 Å². The number of aliphatic hydroxyl groups is 1. The summed E-state index contributed by atoms with van der Waals surface area (Å²) in [6.45, 7) is 3.47. The maximum absolute atomic E-state index is 11.8. The molecule has 0 amide bonds. The van der Waals surface area contributed by atoms with Crippen molar-refractivity contribution in [3.63, 3.8) is 0 Å². The van der Waals surface area contributed by atoms with E-state index in [1.165, 1.54) is 12.3 Å². The molecule has 2 atom stereocenters. The number of carbonyl (C=O) groups excluding carboxylic acids is 1. The summed E-state index contributed by atoms with van der Waals surface area (Å²) in [5.41, 5.74) is 0.0513. The van der Waals surface area contributed by atoms with Gasteiger partial charge in [0.15, 0.2) is 5.79 Å². The van der Waals surface area contributed by atoms with E-state index >= 15 is 0 Å².